The van der Waals surface area contributed by atoms with Crippen molar-refractivity contribution in [2.45, 2.75) is 44.6 Å². The Balaban J connectivity index is 1.25. The van der Waals surface area contributed by atoms with E-state index in [9.17, 15) is 9.59 Å². The van der Waals surface area contributed by atoms with Crippen molar-refractivity contribution in [1.29, 1.82) is 0 Å². The van der Waals surface area contributed by atoms with Crippen molar-refractivity contribution in [2.75, 3.05) is 26.2 Å². The molecule has 4 rings (SSSR count). The summed E-state index contributed by atoms with van der Waals surface area (Å²) >= 11 is 0. The number of carbonyl (C=O) groups is 2. The number of pyridine rings is 2. The molecule has 1 spiro atoms. The summed E-state index contributed by atoms with van der Waals surface area (Å²) in [5.41, 5.74) is 2.06. The molecule has 2 amide bonds. The van der Waals surface area contributed by atoms with E-state index >= 15 is 0 Å². The zero-order valence-corrected chi connectivity index (χ0v) is 18.0. The van der Waals surface area contributed by atoms with Crippen molar-refractivity contribution < 1.29 is 14.3 Å². The first-order valence-electron chi connectivity index (χ1n) is 11.1. The topological polar surface area (TPSA) is 84.4 Å². The van der Waals surface area contributed by atoms with Gasteiger partial charge < -0.3 is 15.0 Å². The molecule has 2 aliphatic rings. The van der Waals surface area contributed by atoms with Gasteiger partial charge in [-0.2, -0.15) is 0 Å². The van der Waals surface area contributed by atoms with Gasteiger partial charge in [0.25, 0.3) is 11.8 Å². The van der Waals surface area contributed by atoms with Gasteiger partial charge in [-0.05, 0) is 69.2 Å². The lowest BCUT2D eigenvalue weighted by Crippen LogP contribution is -2.51. The molecule has 0 saturated carbocycles. The van der Waals surface area contributed by atoms with E-state index in [1.54, 1.807) is 30.7 Å². The van der Waals surface area contributed by atoms with Gasteiger partial charge >= 0.3 is 0 Å². The molecular formula is C24H30N4O3. The molecule has 1 unspecified atom stereocenters. The molecule has 0 aliphatic carbocycles. The van der Waals surface area contributed by atoms with Crippen LogP contribution in [0.25, 0.3) is 0 Å². The molecule has 2 aromatic rings. The SMILES string of the molecule is Cc1ccc(C(=O)N2CCC3(CC2)CC(CCNC(=O)c2ccncc2)CCO3)cn1. The number of hydrogen-bond acceptors (Lipinski definition) is 5. The van der Waals surface area contributed by atoms with Crippen LogP contribution in [-0.2, 0) is 4.74 Å². The van der Waals surface area contributed by atoms with E-state index in [2.05, 4.69) is 15.3 Å². The highest BCUT2D eigenvalue weighted by Gasteiger charge is 2.41. The Morgan fingerprint density at radius 3 is 2.65 bits per heavy atom. The van der Waals surface area contributed by atoms with Crippen LogP contribution in [0.15, 0.2) is 42.9 Å². The molecule has 1 atom stereocenters. The lowest BCUT2D eigenvalue weighted by atomic mass is 9.78. The minimum Gasteiger partial charge on any atom is -0.375 e. The molecule has 7 heteroatoms. The summed E-state index contributed by atoms with van der Waals surface area (Å²) in [5, 5.41) is 3.02. The standard InChI is InChI=1S/C24H30N4O3/c1-18-2-3-21(17-27-18)23(30)28-13-8-24(9-14-28)16-19(7-15-31-24)4-12-26-22(29)20-5-10-25-11-6-20/h2-3,5-6,10-11,17,19H,4,7-9,12-16H2,1H3,(H,26,29). The van der Waals surface area contributed by atoms with Crippen LogP contribution < -0.4 is 5.32 Å². The van der Waals surface area contributed by atoms with E-state index in [0.717, 1.165) is 44.4 Å². The fraction of sp³-hybridized carbons (Fsp3) is 0.500. The molecule has 164 valence electrons. The third-order valence-electron chi connectivity index (χ3n) is 6.50. The number of amides is 2. The number of hydrogen-bond donors (Lipinski definition) is 1. The van der Waals surface area contributed by atoms with E-state index < -0.39 is 0 Å². The molecule has 31 heavy (non-hydrogen) atoms. The number of rotatable bonds is 5. The van der Waals surface area contributed by atoms with Gasteiger partial charge in [0.15, 0.2) is 0 Å². The van der Waals surface area contributed by atoms with Gasteiger partial charge in [0.2, 0.25) is 0 Å². The van der Waals surface area contributed by atoms with Crippen LogP contribution in [0.2, 0.25) is 0 Å². The van der Waals surface area contributed by atoms with Gasteiger partial charge in [-0.3, -0.25) is 19.6 Å². The Bertz CT molecular complexity index is 893. The smallest absolute Gasteiger partial charge is 0.255 e. The second-order valence-electron chi connectivity index (χ2n) is 8.65. The molecule has 0 radical (unpaired) electrons. The fourth-order valence-corrected chi connectivity index (χ4v) is 4.61. The van der Waals surface area contributed by atoms with Crippen LogP contribution in [0.1, 0.15) is 58.5 Å². The summed E-state index contributed by atoms with van der Waals surface area (Å²) in [5.74, 6) is 0.519. The molecule has 0 bridgehead atoms. The Kier molecular flexibility index (Phi) is 6.61. The molecule has 0 aromatic carbocycles. The van der Waals surface area contributed by atoms with Crippen LogP contribution in [0.5, 0.6) is 0 Å². The highest BCUT2D eigenvalue weighted by Crippen LogP contribution is 2.38. The van der Waals surface area contributed by atoms with Gasteiger partial charge in [-0.25, -0.2) is 0 Å². The number of piperidine rings is 1. The summed E-state index contributed by atoms with van der Waals surface area (Å²) in [6, 6.07) is 7.17. The zero-order chi connectivity index (χ0) is 21.7. The van der Waals surface area contributed by atoms with Crippen molar-refractivity contribution in [2.24, 2.45) is 5.92 Å². The summed E-state index contributed by atoms with van der Waals surface area (Å²) in [6.07, 6.45) is 9.59. The number of nitrogens with one attached hydrogen (secondary N) is 1. The molecule has 1 N–H and O–H groups in total. The third-order valence-corrected chi connectivity index (χ3v) is 6.50. The Morgan fingerprint density at radius 2 is 1.94 bits per heavy atom. The third kappa shape index (κ3) is 5.28. The van der Waals surface area contributed by atoms with Crippen molar-refractivity contribution in [3.8, 4) is 0 Å². The number of aryl methyl sites for hydroxylation is 1. The number of likely N-dealkylation sites (tertiary alicyclic amines) is 1. The normalized spacial score (nSPS) is 20.4. The minimum atomic E-state index is -0.139. The Morgan fingerprint density at radius 1 is 1.16 bits per heavy atom. The maximum absolute atomic E-state index is 12.8. The van der Waals surface area contributed by atoms with E-state index in [1.165, 1.54) is 0 Å². The first-order chi connectivity index (χ1) is 15.0. The van der Waals surface area contributed by atoms with Crippen molar-refractivity contribution in [1.82, 2.24) is 20.2 Å². The summed E-state index contributed by atoms with van der Waals surface area (Å²) in [4.78, 5) is 35.1. The number of nitrogens with zero attached hydrogens (tertiary/aromatic N) is 3. The number of ether oxygens (including phenoxy) is 1. The maximum Gasteiger partial charge on any atom is 0.255 e. The van der Waals surface area contributed by atoms with Gasteiger partial charge in [-0.1, -0.05) is 0 Å². The number of carbonyl (C=O) groups excluding carboxylic acids is 2. The lowest BCUT2D eigenvalue weighted by Gasteiger charge is -2.46. The van der Waals surface area contributed by atoms with Crippen LogP contribution in [0.4, 0.5) is 0 Å². The summed E-state index contributed by atoms with van der Waals surface area (Å²) < 4.78 is 6.24. The van der Waals surface area contributed by atoms with E-state index in [-0.39, 0.29) is 17.4 Å². The largest absolute Gasteiger partial charge is 0.375 e. The van der Waals surface area contributed by atoms with Crippen LogP contribution in [0, 0.1) is 12.8 Å². The first-order valence-corrected chi connectivity index (χ1v) is 11.1. The van der Waals surface area contributed by atoms with Gasteiger partial charge in [0, 0.05) is 56.1 Å². The molecule has 2 saturated heterocycles. The first kappa shape index (κ1) is 21.4. The predicted molar refractivity (Wildman–Crippen MR) is 117 cm³/mol. The molecular weight excluding hydrogens is 392 g/mol. The molecule has 2 fully saturated rings. The Hall–Kier alpha value is -2.80. The maximum atomic E-state index is 12.8. The predicted octanol–water partition coefficient (Wildman–Crippen LogP) is 3.01. The highest BCUT2D eigenvalue weighted by atomic mass is 16.5. The zero-order valence-electron chi connectivity index (χ0n) is 18.0. The Labute approximate surface area is 183 Å². The number of aromatic nitrogens is 2. The van der Waals surface area contributed by atoms with Crippen LogP contribution >= 0.6 is 0 Å². The second kappa shape index (κ2) is 9.56. The van der Waals surface area contributed by atoms with Crippen molar-refractivity contribution in [3.63, 3.8) is 0 Å². The van der Waals surface area contributed by atoms with Gasteiger partial charge in [0.1, 0.15) is 0 Å². The van der Waals surface area contributed by atoms with Gasteiger partial charge in [-0.15, -0.1) is 0 Å². The quantitative estimate of drug-likeness (QED) is 0.801. The average molecular weight is 423 g/mol. The minimum absolute atomic E-state index is 0.0496. The molecule has 4 heterocycles. The van der Waals surface area contributed by atoms with Crippen molar-refractivity contribution >= 4 is 11.8 Å². The fourth-order valence-electron chi connectivity index (χ4n) is 4.61. The lowest BCUT2D eigenvalue weighted by molar-refractivity contribution is -0.124. The van der Waals surface area contributed by atoms with E-state index in [1.807, 2.05) is 24.0 Å². The monoisotopic (exact) mass is 422 g/mol. The molecule has 2 aliphatic heterocycles. The van der Waals surface area contributed by atoms with Crippen LogP contribution in [-0.4, -0.2) is 58.5 Å². The molecule has 2 aromatic heterocycles. The van der Waals surface area contributed by atoms with Crippen LogP contribution in [0.3, 0.4) is 0 Å². The summed E-state index contributed by atoms with van der Waals surface area (Å²) in [6.45, 7) is 4.74. The second-order valence-corrected chi connectivity index (χ2v) is 8.65. The van der Waals surface area contributed by atoms with Gasteiger partial charge in [0.05, 0.1) is 11.2 Å². The van der Waals surface area contributed by atoms with E-state index in [0.29, 0.717) is 36.7 Å². The van der Waals surface area contributed by atoms with E-state index in [4.69, 9.17) is 4.74 Å². The average Bonchev–Trinajstić information content (AvgIpc) is 2.80. The summed E-state index contributed by atoms with van der Waals surface area (Å²) in [7, 11) is 0. The van der Waals surface area contributed by atoms with Crippen molar-refractivity contribution in [3.05, 3.63) is 59.7 Å². The molecule has 7 nitrogen and oxygen atoms in total. The highest BCUT2D eigenvalue weighted by molar-refractivity contribution is 5.94.